The maximum atomic E-state index is 11.4. The van der Waals surface area contributed by atoms with Gasteiger partial charge in [0.15, 0.2) is 0 Å². The van der Waals surface area contributed by atoms with E-state index < -0.39 is 5.97 Å². The predicted molar refractivity (Wildman–Crippen MR) is 64.6 cm³/mol. The fourth-order valence-electron chi connectivity index (χ4n) is 1.37. The second kappa shape index (κ2) is 6.16. The van der Waals surface area contributed by atoms with Gasteiger partial charge in [-0.05, 0) is 34.5 Å². The minimum Gasteiger partial charge on any atom is -0.466 e. The Balaban J connectivity index is 3.15. The van der Waals surface area contributed by atoms with E-state index in [0.717, 1.165) is 0 Å². The first kappa shape index (κ1) is 13.4. The van der Waals surface area contributed by atoms with Crippen molar-refractivity contribution in [2.45, 2.75) is 13.3 Å². The third-order valence-electron chi connectivity index (χ3n) is 2.15. The van der Waals surface area contributed by atoms with Gasteiger partial charge in [-0.15, -0.1) is 0 Å². The number of hydrogen-bond acceptors (Lipinski definition) is 4. The van der Waals surface area contributed by atoms with Crippen LogP contribution in [-0.2, 0) is 16.0 Å². The molecule has 1 aromatic carbocycles. The molecule has 1 aromatic rings. The zero-order valence-electron chi connectivity index (χ0n) is 9.20. The summed E-state index contributed by atoms with van der Waals surface area (Å²) >= 11 is 3.22. The van der Waals surface area contributed by atoms with E-state index in [2.05, 4.69) is 15.9 Å². The molecule has 17 heavy (non-hydrogen) atoms. The molecule has 0 fully saturated rings. The Morgan fingerprint density at radius 1 is 1.59 bits per heavy atom. The molecular formula is C12H10BrNO3. The molecule has 0 atom stereocenters. The third kappa shape index (κ3) is 3.14. The Morgan fingerprint density at radius 2 is 2.29 bits per heavy atom. The summed E-state index contributed by atoms with van der Waals surface area (Å²) in [4.78, 5) is 22.3. The van der Waals surface area contributed by atoms with Crippen LogP contribution >= 0.6 is 15.9 Å². The van der Waals surface area contributed by atoms with E-state index in [1.54, 1.807) is 6.92 Å². The van der Waals surface area contributed by atoms with Gasteiger partial charge in [-0.3, -0.25) is 9.59 Å². The van der Waals surface area contributed by atoms with Crippen LogP contribution in [0.1, 0.15) is 28.4 Å². The Bertz CT molecular complexity index is 491. The monoisotopic (exact) mass is 295 g/mol. The molecule has 0 aliphatic heterocycles. The summed E-state index contributed by atoms with van der Waals surface area (Å²) in [5, 5.41) is 8.86. The maximum Gasteiger partial charge on any atom is 0.310 e. The molecule has 0 bridgehead atoms. The molecule has 0 aliphatic rings. The molecule has 0 radical (unpaired) electrons. The molecule has 88 valence electrons. The Kier molecular flexibility index (Phi) is 4.85. The number of hydrogen-bond donors (Lipinski definition) is 0. The maximum absolute atomic E-state index is 11.4. The molecular weight excluding hydrogens is 286 g/mol. The second-order valence-corrected chi connectivity index (χ2v) is 4.00. The van der Waals surface area contributed by atoms with Crippen molar-refractivity contribution < 1.29 is 14.3 Å². The minimum atomic E-state index is -0.425. The van der Waals surface area contributed by atoms with Gasteiger partial charge in [0, 0.05) is 10.0 Å². The zero-order chi connectivity index (χ0) is 12.8. The van der Waals surface area contributed by atoms with Gasteiger partial charge in [-0.1, -0.05) is 6.07 Å². The summed E-state index contributed by atoms with van der Waals surface area (Å²) in [5.74, 6) is -0.425. The Morgan fingerprint density at radius 3 is 2.82 bits per heavy atom. The average molecular weight is 296 g/mol. The summed E-state index contributed by atoms with van der Waals surface area (Å²) in [6.45, 7) is 1.99. The predicted octanol–water partition coefficient (Wildman–Crippen LogP) is 2.24. The van der Waals surface area contributed by atoms with Gasteiger partial charge in [0.05, 0.1) is 18.6 Å². The van der Waals surface area contributed by atoms with Crippen molar-refractivity contribution in [3.8, 4) is 6.07 Å². The molecule has 0 heterocycles. The summed E-state index contributed by atoms with van der Waals surface area (Å²) in [7, 11) is 0. The van der Waals surface area contributed by atoms with Gasteiger partial charge in [0.2, 0.25) is 0 Å². The molecule has 0 spiro atoms. The summed E-state index contributed by atoms with van der Waals surface area (Å²) in [6.07, 6.45) is 0.624. The quantitative estimate of drug-likeness (QED) is 0.631. The van der Waals surface area contributed by atoms with Crippen molar-refractivity contribution in [3.05, 3.63) is 33.3 Å². The van der Waals surface area contributed by atoms with Crippen LogP contribution in [0, 0.1) is 11.3 Å². The normalized spacial score (nSPS) is 9.47. The van der Waals surface area contributed by atoms with Crippen LogP contribution < -0.4 is 0 Å². The lowest BCUT2D eigenvalue weighted by Gasteiger charge is -2.08. The van der Waals surface area contributed by atoms with Crippen LogP contribution in [0.4, 0.5) is 0 Å². The molecule has 0 saturated carbocycles. The van der Waals surface area contributed by atoms with Crippen molar-refractivity contribution in [3.63, 3.8) is 0 Å². The van der Waals surface area contributed by atoms with E-state index in [9.17, 15) is 9.59 Å². The molecule has 0 N–H and O–H groups in total. The van der Waals surface area contributed by atoms with Gasteiger partial charge < -0.3 is 4.74 Å². The standard InChI is InChI=1S/C12H10BrNO3/c1-2-17-11(16)5-10-9(7-15)4-3-8(6-14)12(10)13/h3-4,7H,2,5H2,1H3. The summed E-state index contributed by atoms with van der Waals surface area (Å²) < 4.78 is 5.29. The van der Waals surface area contributed by atoms with E-state index in [-0.39, 0.29) is 13.0 Å². The number of carbonyl (C=O) groups is 2. The minimum absolute atomic E-state index is 0.0297. The first-order valence-electron chi connectivity index (χ1n) is 4.96. The van der Waals surface area contributed by atoms with Crippen molar-refractivity contribution >= 4 is 28.2 Å². The number of carbonyl (C=O) groups excluding carboxylic acids is 2. The first-order valence-corrected chi connectivity index (χ1v) is 5.75. The number of halogens is 1. The van der Waals surface area contributed by atoms with Crippen LogP contribution in [0.5, 0.6) is 0 Å². The molecule has 0 saturated heterocycles. The molecule has 0 aromatic heterocycles. The van der Waals surface area contributed by atoms with Crippen LogP contribution in [-0.4, -0.2) is 18.9 Å². The highest BCUT2D eigenvalue weighted by Gasteiger charge is 2.15. The SMILES string of the molecule is CCOC(=O)Cc1c(C=O)ccc(C#N)c1Br. The van der Waals surface area contributed by atoms with Gasteiger partial charge in [-0.2, -0.15) is 5.26 Å². The van der Waals surface area contributed by atoms with Gasteiger partial charge in [0.25, 0.3) is 0 Å². The van der Waals surface area contributed by atoms with Crippen LogP contribution in [0.15, 0.2) is 16.6 Å². The highest BCUT2D eigenvalue weighted by molar-refractivity contribution is 9.10. The third-order valence-corrected chi connectivity index (χ3v) is 3.06. The van der Waals surface area contributed by atoms with Crippen LogP contribution in [0.3, 0.4) is 0 Å². The van der Waals surface area contributed by atoms with Gasteiger partial charge >= 0.3 is 5.97 Å². The van der Waals surface area contributed by atoms with E-state index in [4.69, 9.17) is 10.00 Å². The lowest BCUT2D eigenvalue weighted by atomic mass is 10.0. The fourth-order valence-corrected chi connectivity index (χ4v) is 1.96. The van der Waals surface area contributed by atoms with Crippen LogP contribution in [0.2, 0.25) is 0 Å². The van der Waals surface area contributed by atoms with E-state index in [1.807, 2.05) is 6.07 Å². The smallest absolute Gasteiger partial charge is 0.310 e. The fraction of sp³-hybridized carbons (Fsp3) is 0.250. The molecule has 0 aliphatic carbocycles. The number of esters is 1. The van der Waals surface area contributed by atoms with Crippen molar-refractivity contribution in [1.82, 2.24) is 0 Å². The molecule has 1 rings (SSSR count). The molecule has 5 heteroatoms. The summed E-state index contributed by atoms with van der Waals surface area (Å²) in [6, 6.07) is 5.03. The number of aldehydes is 1. The number of nitrogens with zero attached hydrogens (tertiary/aromatic N) is 1. The van der Waals surface area contributed by atoms with Crippen LogP contribution in [0.25, 0.3) is 0 Å². The number of nitriles is 1. The lowest BCUT2D eigenvalue weighted by molar-refractivity contribution is -0.142. The highest BCUT2D eigenvalue weighted by atomic mass is 79.9. The zero-order valence-corrected chi connectivity index (χ0v) is 10.8. The number of rotatable bonds is 4. The topological polar surface area (TPSA) is 67.2 Å². The van der Waals surface area contributed by atoms with E-state index in [0.29, 0.717) is 27.4 Å². The van der Waals surface area contributed by atoms with Crippen molar-refractivity contribution in [2.75, 3.05) is 6.61 Å². The highest BCUT2D eigenvalue weighted by Crippen LogP contribution is 2.25. The van der Waals surface area contributed by atoms with Crippen molar-refractivity contribution in [2.24, 2.45) is 0 Å². The van der Waals surface area contributed by atoms with Gasteiger partial charge in [0.1, 0.15) is 12.4 Å². The molecule has 0 amide bonds. The Labute approximate surface area is 107 Å². The van der Waals surface area contributed by atoms with E-state index >= 15 is 0 Å². The number of ether oxygens (including phenoxy) is 1. The molecule has 4 nitrogen and oxygen atoms in total. The Hall–Kier alpha value is -1.67. The second-order valence-electron chi connectivity index (χ2n) is 3.21. The number of benzene rings is 1. The average Bonchev–Trinajstić information content (AvgIpc) is 2.32. The van der Waals surface area contributed by atoms with E-state index in [1.165, 1.54) is 12.1 Å². The summed E-state index contributed by atoms with van der Waals surface area (Å²) in [5.41, 5.74) is 1.25. The van der Waals surface area contributed by atoms with Crippen molar-refractivity contribution in [1.29, 1.82) is 5.26 Å². The largest absolute Gasteiger partial charge is 0.466 e. The first-order chi connectivity index (χ1) is 8.13. The lowest BCUT2D eigenvalue weighted by Crippen LogP contribution is -2.10. The molecule has 0 unspecified atom stereocenters. The van der Waals surface area contributed by atoms with Gasteiger partial charge in [-0.25, -0.2) is 0 Å².